The van der Waals surface area contributed by atoms with Gasteiger partial charge in [-0.25, -0.2) is 13.6 Å². The molecule has 174 valence electrons. The average Bonchev–Trinajstić information content (AvgIpc) is 3.19. The van der Waals surface area contributed by atoms with Gasteiger partial charge in [-0.05, 0) is 68.4 Å². The van der Waals surface area contributed by atoms with Crippen molar-refractivity contribution in [2.45, 2.75) is 20.5 Å². The normalized spacial score (nSPS) is 10.9. The summed E-state index contributed by atoms with van der Waals surface area (Å²) in [5.74, 6) is -1.26. The summed E-state index contributed by atoms with van der Waals surface area (Å²) in [4.78, 5) is 12.1. The van der Waals surface area contributed by atoms with Crippen LogP contribution in [0.25, 0.3) is 16.9 Å². The van der Waals surface area contributed by atoms with Gasteiger partial charge in [0, 0.05) is 34.3 Å². The van der Waals surface area contributed by atoms with E-state index in [2.05, 4.69) is 0 Å². The fourth-order valence-electron chi connectivity index (χ4n) is 3.86. The van der Waals surface area contributed by atoms with Crippen molar-refractivity contribution in [1.29, 1.82) is 0 Å². The number of esters is 1. The van der Waals surface area contributed by atoms with E-state index in [0.29, 0.717) is 22.7 Å². The van der Waals surface area contributed by atoms with Gasteiger partial charge in [-0.15, -0.1) is 0 Å². The van der Waals surface area contributed by atoms with Gasteiger partial charge in [0.2, 0.25) is 0 Å². The van der Waals surface area contributed by atoms with Gasteiger partial charge in [0.15, 0.2) is 0 Å². The van der Waals surface area contributed by atoms with Gasteiger partial charge in [-0.3, -0.25) is 0 Å². The SMILES string of the molecule is COC(=O)c1cc(N)cc(-n2c(C)ccc2-c2cc(C)ccc2OCc2ccc(F)cc2F)c1. The summed E-state index contributed by atoms with van der Waals surface area (Å²) in [7, 11) is 1.32. The highest BCUT2D eigenvalue weighted by Gasteiger charge is 2.17. The van der Waals surface area contributed by atoms with Crippen LogP contribution >= 0.6 is 0 Å². The number of anilines is 1. The molecule has 0 saturated carbocycles. The molecule has 2 N–H and O–H groups in total. The van der Waals surface area contributed by atoms with Crippen LogP contribution in [-0.2, 0) is 11.3 Å². The number of carbonyl (C=O) groups is 1. The van der Waals surface area contributed by atoms with Crippen LogP contribution in [0.3, 0.4) is 0 Å². The summed E-state index contributed by atoms with van der Waals surface area (Å²) < 4.78 is 40.2. The number of rotatable bonds is 6. The van der Waals surface area contributed by atoms with Crippen LogP contribution in [0.1, 0.15) is 27.2 Å². The van der Waals surface area contributed by atoms with E-state index in [1.54, 1.807) is 18.2 Å². The lowest BCUT2D eigenvalue weighted by atomic mass is 10.1. The fourth-order valence-corrected chi connectivity index (χ4v) is 3.86. The number of halogens is 2. The first-order valence-electron chi connectivity index (χ1n) is 10.6. The third kappa shape index (κ3) is 4.64. The summed E-state index contributed by atoms with van der Waals surface area (Å²) in [6.45, 7) is 3.84. The molecule has 0 spiro atoms. The summed E-state index contributed by atoms with van der Waals surface area (Å²) >= 11 is 0. The van der Waals surface area contributed by atoms with Crippen LogP contribution in [0.4, 0.5) is 14.5 Å². The van der Waals surface area contributed by atoms with Gasteiger partial charge in [-0.2, -0.15) is 0 Å². The molecule has 0 saturated heterocycles. The summed E-state index contributed by atoms with van der Waals surface area (Å²) in [6.07, 6.45) is 0. The maximum absolute atomic E-state index is 14.1. The number of carbonyl (C=O) groups excluding carboxylic acids is 1. The molecular formula is C27H24F2N2O3. The van der Waals surface area contributed by atoms with Crippen molar-refractivity contribution in [3.8, 4) is 22.7 Å². The van der Waals surface area contributed by atoms with E-state index in [1.807, 2.05) is 48.7 Å². The molecule has 0 radical (unpaired) electrons. The molecule has 3 aromatic carbocycles. The molecule has 4 rings (SSSR count). The van der Waals surface area contributed by atoms with E-state index < -0.39 is 17.6 Å². The van der Waals surface area contributed by atoms with E-state index in [4.69, 9.17) is 15.2 Å². The van der Waals surface area contributed by atoms with Crippen LogP contribution in [0.2, 0.25) is 0 Å². The number of aromatic nitrogens is 1. The van der Waals surface area contributed by atoms with Gasteiger partial charge >= 0.3 is 5.97 Å². The van der Waals surface area contributed by atoms with Gasteiger partial charge in [0.1, 0.15) is 24.0 Å². The number of hydrogen-bond acceptors (Lipinski definition) is 4. The van der Waals surface area contributed by atoms with E-state index in [-0.39, 0.29) is 12.2 Å². The van der Waals surface area contributed by atoms with E-state index >= 15 is 0 Å². The number of methoxy groups -OCH3 is 1. The van der Waals surface area contributed by atoms with Crippen LogP contribution < -0.4 is 10.5 Å². The maximum atomic E-state index is 14.1. The van der Waals surface area contributed by atoms with Gasteiger partial charge in [0.25, 0.3) is 0 Å². The first kappa shape index (κ1) is 23.0. The predicted octanol–water partition coefficient (Wildman–Crippen LogP) is 5.99. The first-order chi connectivity index (χ1) is 16.3. The molecule has 0 aliphatic carbocycles. The lowest BCUT2D eigenvalue weighted by Gasteiger charge is -2.17. The molecule has 0 aliphatic rings. The van der Waals surface area contributed by atoms with Crippen molar-refractivity contribution < 1.29 is 23.0 Å². The third-order valence-corrected chi connectivity index (χ3v) is 5.50. The Morgan fingerprint density at radius 1 is 0.971 bits per heavy atom. The molecule has 1 aromatic heterocycles. The van der Waals surface area contributed by atoms with Crippen molar-refractivity contribution >= 4 is 11.7 Å². The largest absolute Gasteiger partial charge is 0.488 e. The molecule has 1 heterocycles. The highest BCUT2D eigenvalue weighted by molar-refractivity contribution is 5.91. The molecule has 0 atom stereocenters. The number of nitrogens with zero attached hydrogens (tertiary/aromatic N) is 1. The second-order valence-corrected chi connectivity index (χ2v) is 8.02. The van der Waals surface area contributed by atoms with Crippen LogP contribution in [0, 0.1) is 25.5 Å². The van der Waals surface area contributed by atoms with Crippen LogP contribution in [-0.4, -0.2) is 17.6 Å². The topological polar surface area (TPSA) is 66.5 Å². The molecule has 34 heavy (non-hydrogen) atoms. The number of benzene rings is 3. The molecule has 0 aliphatic heterocycles. The second-order valence-electron chi connectivity index (χ2n) is 8.02. The maximum Gasteiger partial charge on any atom is 0.337 e. The van der Waals surface area contributed by atoms with E-state index in [1.165, 1.54) is 19.2 Å². The monoisotopic (exact) mass is 462 g/mol. The standard InChI is InChI=1S/C27H24F2N2O3/c1-16-4-9-26(34-15-18-6-7-20(28)13-24(18)29)23(10-16)25-8-5-17(2)31(25)22-12-19(27(32)33-3)11-21(30)14-22/h4-14H,15,30H2,1-3H3. The number of nitrogen functional groups attached to an aromatic ring is 1. The van der Waals surface area contributed by atoms with Gasteiger partial charge < -0.3 is 19.8 Å². The molecule has 5 nitrogen and oxygen atoms in total. The van der Waals surface area contributed by atoms with Crippen LogP contribution in [0.15, 0.2) is 66.7 Å². The molecule has 7 heteroatoms. The Hall–Kier alpha value is -4.13. The second kappa shape index (κ2) is 9.39. The smallest absolute Gasteiger partial charge is 0.337 e. The highest BCUT2D eigenvalue weighted by atomic mass is 19.1. The minimum atomic E-state index is -0.664. The quantitative estimate of drug-likeness (QED) is 0.282. The number of nitrogens with two attached hydrogens (primary N) is 1. The van der Waals surface area contributed by atoms with Crippen molar-refractivity contribution in [1.82, 2.24) is 4.57 Å². The van der Waals surface area contributed by atoms with E-state index in [9.17, 15) is 13.6 Å². The zero-order valence-corrected chi connectivity index (χ0v) is 19.1. The van der Waals surface area contributed by atoms with Crippen molar-refractivity contribution in [2.24, 2.45) is 0 Å². The zero-order chi connectivity index (χ0) is 24.4. The lowest BCUT2D eigenvalue weighted by molar-refractivity contribution is 0.0600. The Balaban J connectivity index is 1.78. The molecule has 0 fully saturated rings. The Labute approximate surface area is 196 Å². The molecule has 4 aromatic rings. The fraction of sp³-hybridized carbons (Fsp3) is 0.148. The number of ether oxygens (including phenoxy) is 2. The Bertz CT molecular complexity index is 1380. The Morgan fingerprint density at radius 2 is 1.76 bits per heavy atom. The first-order valence-corrected chi connectivity index (χ1v) is 10.6. The highest BCUT2D eigenvalue weighted by Crippen LogP contribution is 2.35. The molecule has 0 amide bonds. The lowest BCUT2D eigenvalue weighted by Crippen LogP contribution is -2.07. The Morgan fingerprint density at radius 3 is 2.50 bits per heavy atom. The summed E-state index contributed by atoms with van der Waals surface area (Å²) in [5.41, 5.74) is 11.3. The number of aryl methyl sites for hydroxylation is 2. The van der Waals surface area contributed by atoms with Crippen molar-refractivity contribution in [3.05, 3.63) is 101 Å². The Kier molecular flexibility index (Phi) is 6.36. The average molecular weight is 462 g/mol. The summed E-state index contributed by atoms with van der Waals surface area (Å²) in [6, 6.07) is 18.0. The van der Waals surface area contributed by atoms with Gasteiger partial charge in [-0.1, -0.05) is 11.6 Å². The zero-order valence-electron chi connectivity index (χ0n) is 19.1. The minimum Gasteiger partial charge on any atom is -0.488 e. The van der Waals surface area contributed by atoms with Crippen molar-refractivity contribution in [2.75, 3.05) is 12.8 Å². The summed E-state index contributed by atoms with van der Waals surface area (Å²) in [5, 5.41) is 0. The molecule has 0 bridgehead atoms. The predicted molar refractivity (Wildman–Crippen MR) is 127 cm³/mol. The number of hydrogen-bond donors (Lipinski definition) is 1. The third-order valence-electron chi connectivity index (χ3n) is 5.50. The molecular weight excluding hydrogens is 438 g/mol. The molecule has 0 unspecified atom stereocenters. The van der Waals surface area contributed by atoms with E-state index in [0.717, 1.165) is 28.6 Å². The minimum absolute atomic E-state index is 0.0629. The van der Waals surface area contributed by atoms with Crippen molar-refractivity contribution in [3.63, 3.8) is 0 Å². The van der Waals surface area contributed by atoms with Gasteiger partial charge in [0.05, 0.1) is 18.4 Å². The van der Waals surface area contributed by atoms with Crippen LogP contribution in [0.5, 0.6) is 5.75 Å².